The summed E-state index contributed by atoms with van der Waals surface area (Å²) in [5.41, 5.74) is -0.0673. The summed E-state index contributed by atoms with van der Waals surface area (Å²) in [4.78, 5) is -0.465. The van der Waals surface area contributed by atoms with Gasteiger partial charge in [0.15, 0.2) is 0 Å². The molecule has 0 aromatic heterocycles. The van der Waals surface area contributed by atoms with E-state index in [0.29, 0.717) is 11.1 Å². The molecule has 2 unspecified atom stereocenters. The Balaban J connectivity index is 2.21. The van der Waals surface area contributed by atoms with Crippen molar-refractivity contribution >= 4 is 26.0 Å². The van der Waals surface area contributed by atoms with Gasteiger partial charge in [-0.2, -0.15) is 0 Å². The summed E-state index contributed by atoms with van der Waals surface area (Å²) in [6, 6.07) is 2.53. The number of aliphatic hydroxyl groups is 1. The van der Waals surface area contributed by atoms with Gasteiger partial charge in [0.05, 0.1) is 12.7 Å². The Morgan fingerprint density at radius 1 is 1.52 bits per heavy atom. The van der Waals surface area contributed by atoms with Gasteiger partial charge in [-0.05, 0) is 25.5 Å². The van der Waals surface area contributed by atoms with E-state index in [-0.39, 0.29) is 24.1 Å². The molecule has 1 aromatic rings. The lowest BCUT2D eigenvalue weighted by Crippen LogP contribution is -2.32. The quantitative estimate of drug-likeness (QED) is 0.814. The Hall–Kier alpha value is -0.540. The number of halogens is 2. The first-order valence-electron chi connectivity index (χ1n) is 6.55. The van der Waals surface area contributed by atoms with E-state index in [1.54, 1.807) is 0 Å². The zero-order valence-electron chi connectivity index (χ0n) is 11.5. The summed E-state index contributed by atoms with van der Waals surface area (Å²) in [5.74, 6) is -0.851. The average Bonchev–Trinajstić information content (AvgIpc) is 2.84. The largest absolute Gasteiger partial charge is 0.392 e. The summed E-state index contributed by atoms with van der Waals surface area (Å²) in [7, 11) is -3.98. The van der Waals surface area contributed by atoms with Crippen molar-refractivity contribution in [2.75, 3.05) is 13.2 Å². The molecule has 1 fully saturated rings. The van der Waals surface area contributed by atoms with E-state index in [1.165, 1.54) is 12.1 Å². The van der Waals surface area contributed by atoms with Crippen molar-refractivity contribution < 1.29 is 22.7 Å². The number of rotatable bonds is 5. The van der Waals surface area contributed by atoms with E-state index in [0.717, 1.165) is 6.42 Å². The molecule has 0 radical (unpaired) electrons. The minimum Gasteiger partial charge on any atom is -0.392 e. The molecule has 1 saturated heterocycles. The third-order valence-corrected chi connectivity index (χ3v) is 5.49. The molecule has 1 aliphatic rings. The second kappa shape index (κ2) is 6.70. The Morgan fingerprint density at radius 2 is 2.24 bits per heavy atom. The molecule has 0 amide bonds. The van der Waals surface area contributed by atoms with E-state index in [2.05, 4.69) is 20.7 Å². The highest BCUT2D eigenvalue weighted by Gasteiger charge is 2.28. The number of hydrogen-bond acceptors (Lipinski definition) is 4. The van der Waals surface area contributed by atoms with Crippen molar-refractivity contribution in [2.45, 2.75) is 31.0 Å². The first-order chi connectivity index (χ1) is 9.85. The fraction of sp³-hybridized carbons (Fsp3) is 0.538. The molecule has 8 heteroatoms. The second-order valence-electron chi connectivity index (χ2n) is 5.01. The van der Waals surface area contributed by atoms with Crippen molar-refractivity contribution in [2.24, 2.45) is 5.92 Å². The van der Waals surface area contributed by atoms with Crippen molar-refractivity contribution in [1.82, 2.24) is 4.72 Å². The molecule has 0 aliphatic carbocycles. The van der Waals surface area contributed by atoms with Crippen LogP contribution in [0, 0.1) is 11.7 Å². The van der Waals surface area contributed by atoms with Crippen molar-refractivity contribution in [3.63, 3.8) is 0 Å². The lowest BCUT2D eigenvalue weighted by atomic mass is 10.0. The summed E-state index contributed by atoms with van der Waals surface area (Å²) < 4.78 is 46.8. The SMILES string of the molecule is CC1OCCC1CNS(=O)(=O)c1cc(Br)cc(CO)c1F. The summed E-state index contributed by atoms with van der Waals surface area (Å²) in [5, 5.41) is 9.08. The molecule has 0 bridgehead atoms. The number of benzene rings is 1. The Bertz CT molecular complexity index is 623. The molecular formula is C13H17BrFNO4S. The number of ether oxygens (including phenoxy) is 1. The van der Waals surface area contributed by atoms with Crippen LogP contribution in [0.1, 0.15) is 18.9 Å². The fourth-order valence-electron chi connectivity index (χ4n) is 2.27. The van der Waals surface area contributed by atoms with Crippen LogP contribution >= 0.6 is 15.9 Å². The standard InChI is InChI=1S/C13H17BrFNO4S/c1-8-9(2-3-20-8)6-16-21(18,19)12-5-11(14)4-10(7-17)13(12)15/h4-5,8-9,16-17H,2-3,6-7H2,1H3. The predicted molar refractivity (Wildman–Crippen MR) is 78.7 cm³/mol. The van der Waals surface area contributed by atoms with E-state index in [1.807, 2.05) is 6.92 Å². The lowest BCUT2D eigenvalue weighted by molar-refractivity contribution is 0.107. The van der Waals surface area contributed by atoms with E-state index < -0.39 is 27.3 Å². The van der Waals surface area contributed by atoms with Gasteiger partial charge >= 0.3 is 0 Å². The van der Waals surface area contributed by atoms with Gasteiger partial charge in [0.25, 0.3) is 0 Å². The minimum atomic E-state index is -3.98. The maximum atomic E-state index is 14.1. The van der Waals surface area contributed by atoms with Crippen LogP contribution < -0.4 is 4.72 Å². The molecule has 2 rings (SSSR count). The molecule has 2 atom stereocenters. The number of aliphatic hydroxyl groups excluding tert-OH is 1. The summed E-state index contributed by atoms with van der Waals surface area (Å²) in [6.45, 7) is 2.12. The molecule has 1 aromatic carbocycles. The first-order valence-corrected chi connectivity index (χ1v) is 8.83. The van der Waals surface area contributed by atoms with Gasteiger partial charge in [0.2, 0.25) is 10.0 Å². The van der Waals surface area contributed by atoms with Crippen molar-refractivity contribution in [1.29, 1.82) is 0 Å². The highest BCUT2D eigenvalue weighted by atomic mass is 79.9. The van der Waals surface area contributed by atoms with Gasteiger partial charge in [-0.1, -0.05) is 15.9 Å². The molecular weight excluding hydrogens is 365 g/mol. The van der Waals surface area contributed by atoms with Crippen LogP contribution in [0.25, 0.3) is 0 Å². The van der Waals surface area contributed by atoms with Gasteiger partial charge in [-0.3, -0.25) is 0 Å². The predicted octanol–water partition coefficient (Wildman–Crippen LogP) is 1.78. The van der Waals surface area contributed by atoms with Gasteiger partial charge in [0, 0.05) is 29.1 Å². The Kier molecular flexibility index (Phi) is 5.37. The van der Waals surface area contributed by atoms with Crippen molar-refractivity contribution in [3.8, 4) is 0 Å². The molecule has 0 saturated carbocycles. The summed E-state index contributed by atoms with van der Waals surface area (Å²) in [6.07, 6.45) is 0.750. The smallest absolute Gasteiger partial charge is 0.243 e. The maximum Gasteiger partial charge on any atom is 0.243 e. The third kappa shape index (κ3) is 3.81. The van der Waals surface area contributed by atoms with E-state index in [9.17, 15) is 12.8 Å². The van der Waals surface area contributed by atoms with Crippen LogP contribution in [-0.2, 0) is 21.4 Å². The molecule has 118 valence electrons. The number of nitrogens with one attached hydrogen (secondary N) is 1. The average molecular weight is 382 g/mol. The van der Waals surface area contributed by atoms with Gasteiger partial charge < -0.3 is 9.84 Å². The normalized spacial score (nSPS) is 22.7. The number of sulfonamides is 1. The Labute approximate surface area is 131 Å². The van der Waals surface area contributed by atoms with E-state index in [4.69, 9.17) is 9.84 Å². The van der Waals surface area contributed by atoms with Gasteiger partial charge in [-0.25, -0.2) is 17.5 Å². The Morgan fingerprint density at radius 3 is 2.81 bits per heavy atom. The zero-order valence-corrected chi connectivity index (χ0v) is 13.9. The molecule has 5 nitrogen and oxygen atoms in total. The molecule has 1 heterocycles. The topological polar surface area (TPSA) is 75.6 Å². The summed E-state index contributed by atoms with van der Waals surface area (Å²) >= 11 is 3.12. The van der Waals surface area contributed by atoms with Crippen LogP contribution in [0.5, 0.6) is 0 Å². The van der Waals surface area contributed by atoms with Crippen molar-refractivity contribution in [3.05, 3.63) is 28.0 Å². The van der Waals surface area contributed by atoms with Crippen LogP contribution in [0.2, 0.25) is 0 Å². The third-order valence-electron chi connectivity index (χ3n) is 3.61. The minimum absolute atomic E-state index is 0.0203. The van der Waals surface area contributed by atoms with E-state index >= 15 is 0 Å². The van der Waals surface area contributed by atoms with Crippen LogP contribution in [0.3, 0.4) is 0 Å². The maximum absolute atomic E-state index is 14.1. The molecule has 2 N–H and O–H groups in total. The van der Waals surface area contributed by atoms with Crippen LogP contribution in [0.4, 0.5) is 4.39 Å². The molecule has 21 heavy (non-hydrogen) atoms. The monoisotopic (exact) mass is 381 g/mol. The van der Waals surface area contributed by atoms with Crippen LogP contribution in [0.15, 0.2) is 21.5 Å². The highest BCUT2D eigenvalue weighted by Crippen LogP contribution is 2.25. The molecule has 0 spiro atoms. The second-order valence-corrected chi connectivity index (χ2v) is 7.66. The van der Waals surface area contributed by atoms with Gasteiger partial charge in [0.1, 0.15) is 10.7 Å². The fourth-order valence-corrected chi connectivity index (χ4v) is 4.16. The van der Waals surface area contributed by atoms with Crippen LogP contribution in [-0.4, -0.2) is 32.8 Å². The highest BCUT2D eigenvalue weighted by molar-refractivity contribution is 9.10. The lowest BCUT2D eigenvalue weighted by Gasteiger charge is -2.16. The molecule has 1 aliphatic heterocycles. The van der Waals surface area contributed by atoms with Gasteiger partial charge in [-0.15, -0.1) is 0 Å². The number of hydrogen-bond donors (Lipinski definition) is 2. The first kappa shape index (κ1) is 16.8. The zero-order chi connectivity index (χ0) is 15.6.